The Balaban J connectivity index is 2.22. The lowest BCUT2D eigenvalue weighted by Gasteiger charge is -2.12. The lowest BCUT2D eigenvalue weighted by Crippen LogP contribution is -2.03. The van der Waals surface area contributed by atoms with Gasteiger partial charge >= 0.3 is 0 Å². The maximum absolute atomic E-state index is 13.8. The van der Waals surface area contributed by atoms with Gasteiger partial charge in [-0.25, -0.2) is 4.39 Å². The molecule has 0 unspecified atom stereocenters. The number of carbonyl (C=O) groups excluding carboxylic acids is 1. The highest BCUT2D eigenvalue weighted by atomic mass is 19.1. The van der Waals surface area contributed by atoms with Gasteiger partial charge in [0.25, 0.3) is 5.69 Å². The second-order valence-electron chi connectivity index (χ2n) is 4.74. The van der Waals surface area contributed by atoms with E-state index in [9.17, 15) is 19.3 Å². The summed E-state index contributed by atoms with van der Waals surface area (Å²) in [6.07, 6.45) is 0. The van der Waals surface area contributed by atoms with Crippen LogP contribution < -0.4 is 9.47 Å². The van der Waals surface area contributed by atoms with Crippen molar-refractivity contribution in [3.05, 3.63) is 63.5 Å². The van der Waals surface area contributed by atoms with Crippen molar-refractivity contribution in [3.63, 3.8) is 0 Å². The van der Waals surface area contributed by atoms with E-state index in [0.29, 0.717) is 16.9 Å². The fourth-order valence-electron chi connectivity index (χ4n) is 1.99. The summed E-state index contributed by atoms with van der Waals surface area (Å²) in [4.78, 5) is 21.3. The van der Waals surface area contributed by atoms with Gasteiger partial charge in [-0.3, -0.25) is 14.9 Å². The number of non-ortho nitro benzene ring substituents is 1. The molecule has 0 saturated heterocycles. The summed E-state index contributed by atoms with van der Waals surface area (Å²) < 4.78 is 24.3. The Morgan fingerprint density at radius 3 is 2.48 bits per heavy atom. The minimum Gasteiger partial charge on any atom is -0.496 e. The molecule has 0 atom stereocenters. The first-order valence-corrected chi connectivity index (χ1v) is 6.67. The van der Waals surface area contributed by atoms with Gasteiger partial charge < -0.3 is 9.47 Å². The lowest BCUT2D eigenvalue weighted by atomic mass is 10.1. The molecule has 0 amide bonds. The number of Topliss-reactive ketones (excluding diaryl/α,β-unsaturated/α-hetero) is 1. The van der Waals surface area contributed by atoms with Crippen molar-refractivity contribution in [2.24, 2.45) is 0 Å². The Bertz CT molecular complexity index is 760. The molecule has 6 nitrogen and oxygen atoms in total. The van der Waals surface area contributed by atoms with Gasteiger partial charge in [-0.2, -0.15) is 0 Å². The molecule has 7 heteroatoms. The van der Waals surface area contributed by atoms with Crippen LogP contribution in [0.3, 0.4) is 0 Å². The predicted octanol–water partition coefficient (Wildman–Crippen LogP) is 3.52. The SMILES string of the molecule is COc1ccc(C(C)=O)cc1COc1ccc([N+](=O)[O-])cc1F. The van der Waals surface area contributed by atoms with Crippen molar-refractivity contribution in [2.75, 3.05) is 7.11 Å². The Kier molecular flexibility index (Phi) is 4.90. The van der Waals surface area contributed by atoms with Crippen LogP contribution in [0, 0.1) is 15.9 Å². The summed E-state index contributed by atoms with van der Waals surface area (Å²) in [6, 6.07) is 7.98. The first-order valence-electron chi connectivity index (χ1n) is 6.67. The maximum atomic E-state index is 13.8. The van der Waals surface area contributed by atoms with E-state index in [2.05, 4.69) is 0 Å². The van der Waals surface area contributed by atoms with E-state index in [0.717, 1.165) is 12.1 Å². The molecule has 23 heavy (non-hydrogen) atoms. The number of nitro benzene ring substituents is 1. The van der Waals surface area contributed by atoms with Gasteiger partial charge in [0.1, 0.15) is 12.4 Å². The van der Waals surface area contributed by atoms with E-state index in [4.69, 9.17) is 9.47 Å². The van der Waals surface area contributed by atoms with E-state index in [1.54, 1.807) is 18.2 Å². The van der Waals surface area contributed by atoms with Crippen LogP contribution in [0.4, 0.5) is 10.1 Å². The maximum Gasteiger partial charge on any atom is 0.272 e. The quantitative estimate of drug-likeness (QED) is 0.462. The molecule has 0 N–H and O–H groups in total. The third kappa shape index (κ3) is 3.82. The van der Waals surface area contributed by atoms with Gasteiger partial charge in [0, 0.05) is 17.2 Å². The van der Waals surface area contributed by atoms with Crippen LogP contribution in [0.2, 0.25) is 0 Å². The second kappa shape index (κ2) is 6.87. The number of nitro groups is 1. The molecule has 0 aliphatic carbocycles. The predicted molar refractivity (Wildman–Crippen MR) is 80.4 cm³/mol. The monoisotopic (exact) mass is 319 g/mol. The fourth-order valence-corrected chi connectivity index (χ4v) is 1.99. The topological polar surface area (TPSA) is 78.7 Å². The fraction of sp³-hybridized carbons (Fsp3) is 0.188. The molecule has 0 bridgehead atoms. The molecular formula is C16H14FNO5. The number of methoxy groups -OCH3 is 1. The van der Waals surface area contributed by atoms with Crippen LogP contribution in [0.15, 0.2) is 36.4 Å². The largest absolute Gasteiger partial charge is 0.496 e. The number of nitrogens with zero attached hydrogens (tertiary/aromatic N) is 1. The molecule has 0 saturated carbocycles. The van der Waals surface area contributed by atoms with Gasteiger partial charge in [0.15, 0.2) is 17.3 Å². The summed E-state index contributed by atoms with van der Waals surface area (Å²) in [5.41, 5.74) is 0.692. The summed E-state index contributed by atoms with van der Waals surface area (Å²) in [5.74, 6) is -0.570. The third-order valence-corrected chi connectivity index (χ3v) is 3.20. The normalized spacial score (nSPS) is 10.2. The van der Waals surface area contributed by atoms with E-state index >= 15 is 0 Å². The minimum absolute atomic E-state index is 0.0426. The number of benzene rings is 2. The first kappa shape index (κ1) is 16.4. The van der Waals surface area contributed by atoms with Crippen LogP contribution in [-0.2, 0) is 6.61 Å². The van der Waals surface area contributed by atoms with E-state index in [1.807, 2.05) is 0 Å². The second-order valence-corrected chi connectivity index (χ2v) is 4.74. The zero-order chi connectivity index (χ0) is 17.0. The van der Waals surface area contributed by atoms with Crippen LogP contribution >= 0.6 is 0 Å². The summed E-state index contributed by atoms with van der Waals surface area (Å²) in [7, 11) is 1.47. The van der Waals surface area contributed by atoms with E-state index < -0.39 is 10.7 Å². The zero-order valence-electron chi connectivity index (χ0n) is 12.5. The molecule has 0 heterocycles. The van der Waals surface area contributed by atoms with Gasteiger partial charge in [-0.15, -0.1) is 0 Å². The average Bonchev–Trinajstić information content (AvgIpc) is 2.53. The molecule has 2 aromatic carbocycles. The summed E-state index contributed by atoms with van der Waals surface area (Å²) >= 11 is 0. The average molecular weight is 319 g/mol. The number of hydrogen-bond donors (Lipinski definition) is 0. The number of halogens is 1. The van der Waals surface area contributed by atoms with Gasteiger partial charge in [-0.1, -0.05) is 0 Å². The molecule has 2 aromatic rings. The number of rotatable bonds is 6. The van der Waals surface area contributed by atoms with Crippen LogP contribution in [-0.4, -0.2) is 17.8 Å². The molecule has 0 aliphatic rings. The lowest BCUT2D eigenvalue weighted by molar-refractivity contribution is -0.385. The number of ether oxygens (including phenoxy) is 2. The third-order valence-electron chi connectivity index (χ3n) is 3.20. The Labute approximate surface area is 131 Å². The highest BCUT2D eigenvalue weighted by Crippen LogP contribution is 2.26. The van der Waals surface area contributed by atoms with Crippen molar-refractivity contribution < 1.29 is 23.6 Å². The number of hydrogen-bond acceptors (Lipinski definition) is 5. The zero-order valence-corrected chi connectivity index (χ0v) is 12.5. The van der Waals surface area contributed by atoms with Crippen molar-refractivity contribution in [2.45, 2.75) is 13.5 Å². The molecule has 0 aromatic heterocycles. The van der Waals surface area contributed by atoms with Crippen molar-refractivity contribution in [1.29, 1.82) is 0 Å². The van der Waals surface area contributed by atoms with Gasteiger partial charge in [0.2, 0.25) is 0 Å². The molecule has 120 valence electrons. The molecule has 2 rings (SSSR count). The van der Waals surface area contributed by atoms with Crippen molar-refractivity contribution in [3.8, 4) is 11.5 Å². The Morgan fingerprint density at radius 1 is 1.22 bits per heavy atom. The van der Waals surface area contributed by atoms with Gasteiger partial charge in [-0.05, 0) is 31.2 Å². The summed E-state index contributed by atoms with van der Waals surface area (Å²) in [6.45, 7) is 1.39. The van der Waals surface area contributed by atoms with E-state index in [-0.39, 0.29) is 23.8 Å². The van der Waals surface area contributed by atoms with E-state index in [1.165, 1.54) is 20.1 Å². The molecule has 0 aliphatic heterocycles. The van der Waals surface area contributed by atoms with Gasteiger partial charge in [0.05, 0.1) is 18.1 Å². The summed E-state index contributed by atoms with van der Waals surface area (Å²) in [5, 5.41) is 10.6. The number of ketones is 1. The molecule has 0 spiro atoms. The Morgan fingerprint density at radius 2 is 1.91 bits per heavy atom. The van der Waals surface area contributed by atoms with Crippen LogP contribution in [0.5, 0.6) is 11.5 Å². The van der Waals surface area contributed by atoms with Crippen LogP contribution in [0.1, 0.15) is 22.8 Å². The molecular weight excluding hydrogens is 305 g/mol. The molecule has 0 fully saturated rings. The van der Waals surface area contributed by atoms with Crippen molar-refractivity contribution in [1.82, 2.24) is 0 Å². The minimum atomic E-state index is -0.833. The van der Waals surface area contributed by atoms with Crippen molar-refractivity contribution >= 4 is 11.5 Å². The Hall–Kier alpha value is -2.96. The standard InChI is InChI=1S/C16H14FNO5/c1-10(19)11-3-5-15(22-2)12(7-11)9-23-16-6-4-13(18(20)21)8-14(16)17/h3-8H,9H2,1-2H3. The van der Waals surface area contributed by atoms with Crippen LogP contribution in [0.25, 0.3) is 0 Å². The number of carbonyl (C=O) groups is 1. The highest BCUT2D eigenvalue weighted by Gasteiger charge is 2.13. The molecule has 0 radical (unpaired) electrons. The smallest absolute Gasteiger partial charge is 0.272 e. The first-order chi connectivity index (χ1) is 10.9. The highest BCUT2D eigenvalue weighted by molar-refractivity contribution is 5.94.